The molecule has 1 aromatic heterocycles. The predicted molar refractivity (Wildman–Crippen MR) is 75.9 cm³/mol. The number of nitrogens with one attached hydrogen (secondary N) is 1. The van der Waals surface area contributed by atoms with Gasteiger partial charge >= 0.3 is 0 Å². The van der Waals surface area contributed by atoms with Gasteiger partial charge in [-0.3, -0.25) is 0 Å². The number of hydrogen-bond donors (Lipinski definition) is 1. The van der Waals surface area contributed by atoms with Crippen molar-refractivity contribution in [2.45, 2.75) is 32.7 Å². The van der Waals surface area contributed by atoms with Crippen LogP contribution in [0.4, 0.5) is 11.9 Å². The van der Waals surface area contributed by atoms with Crippen molar-refractivity contribution in [2.75, 3.05) is 36.5 Å². The molecule has 1 fully saturated rings. The quantitative estimate of drug-likeness (QED) is 0.862. The van der Waals surface area contributed by atoms with Crippen LogP contribution in [0, 0.1) is 0 Å². The molecule has 1 aromatic rings. The predicted octanol–water partition coefficient (Wildman–Crippen LogP) is 1.96. The number of hydrogen-bond acceptors (Lipinski definition) is 6. The molecule has 106 valence electrons. The molecule has 1 N–H and O–H groups in total. The van der Waals surface area contributed by atoms with E-state index in [1.54, 1.807) is 0 Å². The Morgan fingerprint density at radius 1 is 1.32 bits per heavy atom. The van der Waals surface area contributed by atoms with Gasteiger partial charge in [0.1, 0.15) is 0 Å². The van der Waals surface area contributed by atoms with Crippen LogP contribution in [0.3, 0.4) is 0 Å². The van der Waals surface area contributed by atoms with Crippen LogP contribution in [0.15, 0.2) is 0 Å². The van der Waals surface area contributed by atoms with Crippen molar-refractivity contribution in [3.8, 4) is 0 Å². The fourth-order valence-corrected chi connectivity index (χ4v) is 2.18. The normalized spacial score (nSPS) is 16.7. The van der Waals surface area contributed by atoms with E-state index in [9.17, 15) is 0 Å². The topological polar surface area (TPSA) is 63.2 Å². The zero-order valence-corrected chi connectivity index (χ0v) is 12.2. The van der Waals surface area contributed by atoms with Crippen molar-refractivity contribution in [1.29, 1.82) is 0 Å². The maximum absolute atomic E-state index is 5.96. The summed E-state index contributed by atoms with van der Waals surface area (Å²) in [5, 5.41) is 3.41. The standard InChI is InChI=1S/C12H20ClN5O/c1-3-19-8-9(2)14-11-15-10(13)16-12(17-11)18-6-4-5-7-18/h9H,3-8H2,1-2H3,(H,14,15,16,17). The second-order valence-corrected chi connectivity index (χ2v) is 4.97. The number of halogens is 1. The second kappa shape index (κ2) is 6.86. The van der Waals surface area contributed by atoms with Gasteiger partial charge in [-0.05, 0) is 38.3 Å². The number of anilines is 2. The number of aromatic nitrogens is 3. The molecule has 0 spiro atoms. The average Bonchev–Trinajstić information content (AvgIpc) is 2.89. The molecule has 1 saturated heterocycles. The van der Waals surface area contributed by atoms with Crippen LogP contribution in [-0.4, -0.2) is 47.3 Å². The SMILES string of the molecule is CCOCC(C)Nc1nc(Cl)nc(N2CCCC2)n1. The summed E-state index contributed by atoms with van der Waals surface area (Å²) in [6, 6.07) is 0.129. The fraction of sp³-hybridized carbons (Fsp3) is 0.750. The fourth-order valence-electron chi connectivity index (χ4n) is 2.02. The maximum Gasteiger partial charge on any atom is 0.231 e. The van der Waals surface area contributed by atoms with Crippen molar-refractivity contribution in [3.63, 3.8) is 0 Å². The first-order chi connectivity index (χ1) is 9.19. The third-order valence-electron chi connectivity index (χ3n) is 2.93. The van der Waals surface area contributed by atoms with Gasteiger partial charge in [0.15, 0.2) is 0 Å². The summed E-state index contributed by atoms with van der Waals surface area (Å²) in [6.07, 6.45) is 2.35. The van der Waals surface area contributed by atoms with Crippen LogP contribution in [0.1, 0.15) is 26.7 Å². The minimum atomic E-state index is 0.129. The van der Waals surface area contributed by atoms with Gasteiger partial charge < -0.3 is 15.0 Å². The van der Waals surface area contributed by atoms with Crippen molar-refractivity contribution in [2.24, 2.45) is 0 Å². The molecule has 0 saturated carbocycles. The highest BCUT2D eigenvalue weighted by atomic mass is 35.5. The molecule has 19 heavy (non-hydrogen) atoms. The van der Waals surface area contributed by atoms with Crippen LogP contribution in [-0.2, 0) is 4.74 Å². The van der Waals surface area contributed by atoms with Crippen LogP contribution in [0.5, 0.6) is 0 Å². The Morgan fingerprint density at radius 2 is 2.05 bits per heavy atom. The van der Waals surface area contributed by atoms with Gasteiger partial charge in [0.05, 0.1) is 6.61 Å². The molecule has 0 bridgehead atoms. The molecule has 0 aliphatic carbocycles. The summed E-state index contributed by atoms with van der Waals surface area (Å²) in [5.41, 5.74) is 0. The van der Waals surface area contributed by atoms with Gasteiger partial charge in [-0.1, -0.05) is 0 Å². The molecule has 2 heterocycles. The smallest absolute Gasteiger partial charge is 0.231 e. The Bertz CT molecular complexity index is 411. The first-order valence-electron chi connectivity index (χ1n) is 6.70. The van der Waals surface area contributed by atoms with Crippen LogP contribution >= 0.6 is 11.6 Å². The molecule has 1 aliphatic heterocycles. The lowest BCUT2D eigenvalue weighted by atomic mass is 10.4. The van der Waals surface area contributed by atoms with Crippen molar-refractivity contribution in [1.82, 2.24) is 15.0 Å². The van der Waals surface area contributed by atoms with E-state index in [1.807, 2.05) is 13.8 Å². The molecule has 7 heteroatoms. The van der Waals surface area contributed by atoms with Gasteiger partial charge in [0.25, 0.3) is 0 Å². The summed E-state index contributed by atoms with van der Waals surface area (Å²) < 4.78 is 5.35. The summed E-state index contributed by atoms with van der Waals surface area (Å²) in [4.78, 5) is 14.8. The van der Waals surface area contributed by atoms with Crippen molar-refractivity contribution in [3.05, 3.63) is 5.28 Å². The Hall–Kier alpha value is -1.14. The summed E-state index contributed by atoms with van der Waals surface area (Å²) in [6.45, 7) is 7.26. The molecule has 0 radical (unpaired) electrons. The molecule has 1 unspecified atom stereocenters. The van der Waals surface area contributed by atoms with Gasteiger partial charge in [-0.2, -0.15) is 15.0 Å². The van der Waals surface area contributed by atoms with E-state index in [1.165, 1.54) is 12.8 Å². The van der Waals surface area contributed by atoms with Crippen LogP contribution < -0.4 is 10.2 Å². The lowest BCUT2D eigenvalue weighted by Gasteiger charge is -2.17. The molecule has 6 nitrogen and oxygen atoms in total. The highest BCUT2D eigenvalue weighted by molar-refractivity contribution is 6.28. The van der Waals surface area contributed by atoms with Crippen molar-refractivity contribution >= 4 is 23.5 Å². The highest BCUT2D eigenvalue weighted by Crippen LogP contribution is 2.18. The zero-order valence-electron chi connectivity index (χ0n) is 11.4. The van der Waals surface area contributed by atoms with Crippen LogP contribution in [0.25, 0.3) is 0 Å². The summed E-state index contributed by atoms with van der Waals surface area (Å²) in [7, 11) is 0. The Morgan fingerprint density at radius 3 is 2.74 bits per heavy atom. The lowest BCUT2D eigenvalue weighted by Crippen LogP contribution is -2.25. The number of rotatable bonds is 6. The molecule has 0 aromatic carbocycles. The minimum absolute atomic E-state index is 0.129. The molecular weight excluding hydrogens is 266 g/mol. The van der Waals surface area contributed by atoms with E-state index >= 15 is 0 Å². The monoisotopic (exact) mass is 285 g/mol. The van der Waals surface area contributed by atoms with Crippen molar-refractivity contribution < 1.29 is 4.74 Å². The van der Waals surface area contributed by atoms with E-state index in [2.05, 4.69) is 25.2 Å². The maximum atomic E-state index is 5.96. The van der Waals surface area contributed by atoms with E-state index in [-0.39, 0.29) is 11.3 Å². The average molecular weight is 286 g/mol. The van der Waals surface area contributed by atoms with E-state index in [0.29, 0.717) is 25.1 Å². The Kier molecular flexibility index (Phi) is 5.15. The third kappa shape index (κ3) is 4.18. The minimum Gasteiger partial charge on any atom is -0.380 e. The third-order valence-corrected chi connectivity index (χ3v) is 3.10. The highest BCUT2D eigenvalue weighted by Gasteiger charge is 2.17. The van der Waals surface area contributed by atoms with E-state index < -0.39 is 0 Å². The van der Waals surface area contributed by atoms with E-state index in [4.69, 9.17) is 16.3 Å². The van der Waals surface area contributed by atoms with Gasteiger partial charge in [0.2, 0.25) is 17.2 Å². The summed E-state index contributed by atoms with van der Waals surface area (Å²) in [5.74, 6) is 1.16. The lowest BCUT2D eigenvalue weighted by molar-refractivity contribution is 0.141. The first-order valence-corrected chi connectivity index (χ1v) is 7.07. The van der Waals surface area contributed by atoms with E-state index in [0.717, 1.165) is 13.1 Å². The van der Waals surface area contributed by atoms with Gasteiger partial charge in [-0.15, -0.1) is 0 Å². The summed E-state index contributed by atoms with van der Waals surface area (Å²) >= 11 is 5.96. The Balaban J connectivity index is 2.03. The number of ether oxygens (including phenoxy) is 1. The first kappa shape index (κ1) is 14.3. The van der Waals surface area contributed by atoms with Gasteiger partial charge in [-0.25, -0.2) is 0 Å². The zero-order chi connectivity index (χ0) is 13.7. The number of nitrogens with zero attached hydrogens (tertiary/aromatic N) is 4. The molecule has 2 rings (SSSR count). The second-order valence-electron chi connectivity index (χ2n) is 4.63. The molecule has 1 atom stereocenters. The van der Waals surface area contributed by atoms with Crippen LogP contribution in [0.2, 0.25) is 5.28 Å². The Labute approximate surface area is 118 Å². The molecule has 0 amide bonds. The molecule has 1 aliphatic rings. The largest absolute Gasteiger partial charge is 0.380 e. The van der Waals surface area contributed by atoms with Gasteiger partial charge in [0, 0.05) is 25.7 Å². The molecular formula is C12H20ClN5O.